The van der Waals surface area contributed by atoms with Crippen molar-refractivity contribution >= 4 is 39.8 Å². The first-order valence-electron chi connectivity index (χ1n) is 4.70. The summed E-state index contributed by atoms with van der Waals surface area (Å²) in [5, 5.41) is 19.1. The normalized spacial score (nSPS) is 11.8. The highest BCUT2D eigenvalue weighted by Gasteiger charge is 2.31. The van der Waals surface area contributed by atoms with Crippen LogP contribution in [0.2, 0.25) is 0 Å². The number of rotatable bonds is 3. The van der Waals surface area contributed by atoms with Crippen LogP contribution in [0.5, 0.6) is 0 Å². The summed E-state index contributed by atoms with van der Waals surface area (Å²) in [6, 6.07) is 4.78. The van der Waals surface area contributed by atoms with E-state index in [0.29, 0.717) is 3.57 Å². The number of nitrogens with two attached hydrogens (primary N) is 1. The van der Waals surface area contributed by atoms with Gasteiger partial charge in [-0.15, -0.1) is 0 Å². The van der Waals surface area contributed by atoms with Crippen molar-refractivity contribution in [2.24, 2.45) is 10.8 Å². The van der Waals surface area contributed by atoms with E-state index in [-0.39, 0.29) is 5.69 Å². The summed E-state index contributed by atoms with van der Waals surface area (Å²) in [4.78, 5) is 0. The topological polar surface area (TPSA) is 98.0 Å². The minimum atomic E-state index is -4.47. The quantitative estimate of drug-likeness (QED) is 0.325. The van der Waals surface area contributed by atoms with E-state index in [9.17, 15) is 13.2 Å². The van der Waals surface area contributed by atoms with E-state index >= 15 is 0 Å². The molecular weight excluding hydrogens is 374 g/mol. The van der Waals surface area contributed by atoms with E-state index < -0.39 is 23.3 Å². The summed E-state index contributed by atoms with van der Waals surface area (Å²) in [6.07, 6.45) is -4.47. The number of hydrazone groups is 1. The van der Waals surface area contributed by atoms with Gasteiger partial charge < -0.3 is 5.73 Å². The maximum atomic E-state index is 12.6. The molecule has 0 saturated carbocycles. The van der Waals surface area contributed by atoms with Crippen molar-refractivity contribution < 1.29 is 13.2 Å². The molecule has 0 saturated heterocycles. The Balaban J connectivity index is 3.07. The van der Waals surface area contributed by atoms with Crippen LogP contribution in [0.25, 0.3) is 0 Å². The number of hydrogen-bond donors (Lipinski definition) is 3. The van der Waals surface area contributed by atoms with E-state index in [0.717, 1.165) is 12.1 Å². The molecule has 5 nitrogen and oxygen atoms in total. The molecule has 19 heavy (non-hydrogen) atoms. The predicted molar refractivity (Wildman–Crippen MR) is 72.7 cm³/mol. The van der Waals surface area contributed by atoms with E-state index in [1.807, 2.05) is 0 Å². The van der Waals surface area contributed by atoms with Crippen molar-refractivity contribution in [2.75, 3.05) is 5.43 Å². The molecule has 0 amide bonds. The minimum Gasteiger partial charge on any atom is -0.382 e. The second kappa shape index (κ2) is 5.87. The molecule has 4 N–H and O–H groups in total. The molecule has 1 aromatic carbocycles. The summed E-state index contributed by atoms with van der Waals surface area (Å²) in [7, 11) is 0. The predicted octanol–water partition coefficient (Wildman–Crippen LogP) is 2.54. The number of benzene rings is 1. The number of nitrogens with one attached hydrogen (secondary N) is 2. The summed E-state index contributed by atoms with van der Waals surface area (Å²) < 4.78 is 38.1. The number of amidine groups is 1. The Morgan fingerprint density at radius 2 is 2.05 bits per heavy atom. The Labute approximate surface area is 119 Å². The van der Waals surface area contributed by atoms with Crippen LogP contribution in [0.15, 0.2) is 23.3 Å². The van der Waals surface area contributed by atoms with E-state index in [1.165, 1.54) is 6.07 Å². The van der Waals surface area contributed by atoms with E-state index in [2.05, 4.69) is 10.5 Å². The molecule has 1 rings (SSSR count). The van der Waals surface area contributed by atoms with E-state index in [1.54, 1.807) is 28.7 Å². The van der Waals surface area contributed by atoms with Crippen LogP contribution < -0.4 is 11.2 Å². The largest absolute Gasteiger partial charge is 0.416 e. The Hall–Kier alpha value is -1.83. The maximum Gasteiger partial charge on any atom is 0.416 e. The van der Waals surface area contributed by atoms with Crippen LogP contribution >= 0.6 is 22.6 Å². The lowest BCUT2D eigenvalue weighted by molar-refractivity contribution is -0.137. The molecule has 0 bridgehead atoms. The lowest BCUT2D eigenvalue weighted by Gasteiger charge is -2.09. The molecular formula is C10H7F3IN5. The lowest BCUT2D eigenvalue weighted by Crippen LogP contribution is -2.21. The van der Waals surface area contributed by atoms with Crippen molar-refractivity contribution in [3.05, 3.63) is 27.3 Å². The molecule has 0 spiro atoms. The average molecular weight is 381 g/mol. The summed E-state index contributed by atoms with van der Waals surface area (Å²) in [5.41, 5.74) is 6.12. The standard InChI is InChI=1S/C10H7F3IN5/c11-10(12,13)5-1-6(14)3-7(2-5)18-19-8(4-15)9(16)17/h1-3,18H,(H3,16,17)/b19-8+. The van der Waals surface area contributed by atoms with Crippen molar-refractivity contribution in [1.82, 2.24) is 0 Å². The highest BCUT2D eigenvalue weighted by molar-refractivity contribution is 14.1. The van der Waals surface area contributed by atoms with Crippen LogP contribution in [0.3, 0.4) is 0 Å². The lowest BCUT2D eigenvalue weighted by atomic mass is 10.2. The van der Waals surface area contributed by atoms with Gasteiger partial charge in [-0.2, -0.15) is 23.5 Å². The fourth-order valence-corrected chi connectivity index (χ4v) is 1.75. The second-order valence-electron chi connectivity index (χ2n) is 3.32. The van der Waals surface area contributed by atoms with Gasteiger partial charge in [0.05, 0.1) is 11.3 Å². The molecule has 100 valence electrons. The smallest absolute Gasteiger partial charge is 0.382 e. The van der Waals surface area contributed by atoms with Crippen LogP contribution in [0.1, 0.15) is 5.56 Å². The van der Waals surface area contributed by atoms with Gasteiger partial charge in [0.1, 0.15) is 6.07 Å². The highest BCUT2D eigenvalue weighted by atomic mass is 127. The van der Waals surface area contributed by atoms with Gasteiger partial charge in [0.15, 0.2) is 5.84 Å². The van der Waals surface area contributed by atoms with Gasteiger partial charge in [-0.25, -0.2) is 0 Å². The molecule has 0 aliphatic rings. The molecule has 0 aromatic heterocycles. The van der Waals surface area contributed by atoms with Crippen molar-refractivity contribution in [2.45, 2.75) is 6.18 Å². The molecule has 9 heteroatoms. The zero-order valence-electron chi connectivity index (χ0n) is 9.22. The molecule has 0 fully saturated rings. The van der Waals surface area contributed by atoms with Crippen molar-refractivity contribution in [3.63, 3.8) is 0 Å². The fourth-order valence-electron chi connectivity index (χ4n) is 1.08. The van der Waals surface area contributed by atoms with Crippen LogP contribution in [-0.4, -0.2) is 11.5 Å². The van der Waals surface area contributed by atoms with Crippen LogP contribution in [0, 0.1) is 20.3 Å². The SMILES string of the molecule is N#C/C(=N\Nc1cc(I)cc(C(F)(F)F)c1)C(=N)N. The number of nitrogens with zero attached hydrogens (tertiary/aromatic N) is 2. The van der Waals surface area contributed by atoms with Gasteiger partial charge >= 0.3 is 6.18 Å². The third-order valence-electron chi connectivity index (χ3n) is 1.88. The second-order valence-corrected chi connectivity index (χ2v) is 4.57. The zero-order valence-corrected chi connectivity index (χ0v) is 11.4. The van der Waals surface area contributed by atoms with E-state index in [4.69, 9.17) is 16.4 Å². The molecule has 0 aliphatic carbocycles. The minimum absolute atomic E-state index is 0.0493. The number of alkyl halides is 3. The molecule has 0 unspecified atom stereocenters. The Bertz CT molecular complexity index is 574. The van der Waals surface area contributed by atoms with Crippen molar-refractivity contribution in [3.8, 4) is 6.07 Å². The first-order chi connectivity index (χ1) is 8.74. The number of nitriles is 1. The van der Waals surface area contributed by atoms with Crippen molar-refractivity contribution in [1.29, 1.82) is 10.7 Å². The zero-order chi connectivity index (χ0) is 14.6. The van der Waals surface area contributed by atoms with Gasteiger partial charge in [0.2, 0.25) is 5.71 Å². The monoisotopic (exact) mass is 381 g/mol. The maximum absolute atomic E-state index is 12.6. The molecule has 0 heterocycles. The van der Waals surface area contributed by atoms with Crippen LogP contribution in [0.4, 0.5) is 18.9 Å². The van der Waals surface area contributed by atoms with Gasteiger partial charge in [-0.1, -0.05) is 0 Å². The number of anilines is 1. The first-order valence-corrected chi connectivity index (χ1v) is 5.78. The molecule has 0 atom stereocenters. The van der Waals surface area contributed by atoms with Crippen LogP contribution in [-0.2, 0) is 6.18 Å². The van der Waals surface area contributed by atoms with Gasteiger partial charge in [-0.05, 0) is 40.8 Å². The third-order valence-corrected chi connectivity index (χ3v) is 2.51. The summed E-state index contributed by atoms with van der Waals surface area (Å²) in [6.45, 7) is 0. The Kier molecular flexibility index (Phi) is 4.71. The van der Waals surface area contributed by atoms with Gasteiger partial charge in [0, 0.05) is 3.57 Å². The summed E-state index contributed by atoms with van der Waals surface area (Å²) >= 11 is 1.73. The Morgan fingerprint density at radius 1 is 1.42 bits per heavy atom. The third kappa shape index (κ3) is 4.40. The Morgan fingerprint density at radius 3 is 2.53 bits per heavy atom. The molecule has 1 aromatic rings. The highest BCUT2D eigenvalue weighted by Crippen LogP contribution is 2.32. The van der Waals surface area contributed by atoms with Gasteiger partial charge in [-0.3, -0.25) is 10.8 Å². The number of hydrogen-bond acceptors (Lipinski definition) is 4. The molecule has 0 radical (unpaired) electrons. The van der Waals surface area contributed by atoms with Gasteiger partial charge in [0.25, 0.3) is 0 Å². The molecule has 0 aliphatic heterocycles. The fraction of sp³-hybridized carbons (Fsp3) is 0.100. The summed E-state index contributed by atoms with van der Waals surface area (Å²) in [5.74, 6) is -0.573. The number of halogens is 4. The average Bonchev–Trinajstić information content (AvgIpc) is 2.27. The first kappa shape index (κ1) is 15.2.